The van der Waals surface area contributed by atoms with E-state index in [0.717, 1.165) is 0 Å². The SMILES string of the molecule is CC(=O)NC1[C@H](OCC(C)N)OC(CO)[C@@H](O)[C@@H]1O. The quantitative estimate of drug-likeness (QED) is 0.369. The fourth-order valence-corrected chi connectivity index (χ4v) is 1.86. The van der Waals surface area contributed by atoms with Crippen molar-refractivity contribution in [1.82, 2.24) is 5.32 Å². The summed E-state index contributed by atoms with van der Waals surface area (Å²) >= 11 is 0. The Hall–Kier alpha value is -0.770. The van der Waals surface area contributed by atoms with Crippen molar-refractivity contribution >= 4 is 5.91 Å². The second kappa shape index (κ2) is 7.13. The van der Waals surface area contributed by atoms with Crippen molar-refractivity contribution in [2.45, 2.75) is 50.5 Å². The lowest BCUT2D eigenvalue weighted by atomic mass is 9.97. The molecule has 1 heterocycles. The molecule has 1 aliphatic heterocycles. The van der Waals surface area contributed by atoms with E-state index in [9.17, 15) is 15.0 Å². The molecule has 0 aromatic heterocycles. The first-order valence-electron chi connectivity index (χ1n) is 6.13. The van der Waals surface area contributed by atoms with Crippen LogP contribution < -0.4 is 11.1 Å². The maximum Gasteiger partial charge on any atom is 0.217 e. The highest BCUT2D eigenvalue weighted by atomic mass is 16.7. The lowest BCUT2D eigenvalue weighted by Crippen LogP contribution is -2.64. The third-order valence-electron chi connectivity index (χ3n) is 2.77. The van der Waals surface area contributed by atoms with Crippen LogP contribution in [0.3, 0.4) is 0 Å². The molecule has 0 aromatic carbocycles. The van der Waals surface area contributed by atoms with Gasteiger partial charge in [0.15, 0.2) is 6.29 Å². The lowest BCUT2D eigenvalue weighted by Gasteiger charge is -2.42. The topological polar surface area (TPSA) is 134 Å². The molecule has 112 valence electrons. The largest absolute Gasteiger partial charge is 0.394 e. The van der Waals surface area contributed by atoms with Crippen LogP contribution in [0.2, 0.25) is 0 Å². The van der Waals surface area contributed by atoms with Crippen LogP contribution in [0.25, 0.3) is 0 Å². The minimum atomic E-state index is -1.31. The number of ether oxygens (including phenoxy) is 2. The number of aliphatic hydroxyl groups is 3. The molecule has 0 bridgehead atoms. The lowest BCUT2D eigenvalue weighted by molar-refractivity contribution is -0.270. The van der Waals surface area contributed by atoms with Crippen molar-refractivity contribution in [3.8, 4) is 0 Å². The number of nitrogens with two attached hydrogens (primary N) is 1. The summed E-state index contributed by atoms with van der Waals surface area (Å²) in [6.45, 7) is 2.69. The van der Waals surface area contributed by atoms with E-state index < -0.39 is 43.2 Å². The zero-order chi connectivity index (χ0) is 14.6. The van der Waals surface area contributed by atoms with Gasteiger partial charge in [-0.15, -0.1) is 0 Å². The normalized spacial score (nSPS) is 36.8. The second-order valence-electron chi connectivity index (χ2n) is 4.74. The minimum absolute atomic E-state index is 0.154. The Morgan fingerprint density at radius 3 is 2.58 bits per heavy atom. The average Bonchev–Trinajstić information content (AvgIpc) is 2.33. The molecule has 0 aromatic rings. The zero-order valence-electron chi connectivity index (χ0n) is 11.0. The number of amides is 1. The Balaban J connectivity index is 2.77. The molecule has 0 spiro atoms. The molecule has 8 heteroatoms. The molecule has 6 atom stereocenters. The van der Waals surface area contributed by atoms with Gasteiger partial charge in [0.25, 0.3) is 0 Å². The van der Waals surface area contributed by atoms with Gasteiger partial charge in [-0.25, -0.2) is 0 Å². The van der Waals surface area contributed by atoms with Gasteiger partial charge in [0, 0.05) is 13.0 Å². The highest BCUT2D eigenvalue weighted by molar-refractivity contribution is 5.73. The summed E-state index contributed by atoms with van der Waals surface area (Å²) in [5.41, 5.74) is 5.56. The van der Waals surface area contributed by atoms with Crippen LogP contribution in [-0.4, -0.2) is 71.1 Å². The highest BCUT2D eigenvalue weighted by Gasteiger charge is 2.45. The molecule has 1 rings (SSSR count). The zero-order valence-corrected chi connectivity index (χ0v) is 11.0. The number of carbonyl (C=O) groups excluding carboxylic acids is 1. The fourth-order valence-electron chi connectivity index (χ4n) is 1.86. The van der Waals surface area contributed by atoms with Gasteiger partial charge in [0.1, 0.15) is 24.4 Å². The fraction of sp³-hybridized carbons (Fsp3) is 0.909. The van der Waals surface area contributed by atoms with Gasteiger partial charge < -0.3 is 35.8 Å². The summed E-state index contributed by atoms with van der Waals surface area (Å²) < 4.78 is 10.7. The van der Waals surface area contributed by atoms with E-state index in [1.54, 1.807) is 6.92 Å². The third kappa shape index (κ3) is 4.37. The molecular weight excluding hydrogens is 256 g/mol. The van der Waals surface area contributed by atoms with E-state index in [2.05, 4.69) is 5.32 Å². The molecule has 1 aliphatic rings. The van der Waals surface area contributed by atoms with Gasteiger partial charge in [-0.05, 0) is 6.92 Å². The summed E-state index contributed by atoms with van der Waals surface area (Å²) in [7, 11) is 0. The minimum Gasteiger partial charge on any atom is -0.394 e. The molecule has 6 N–H and O–H groups in total. The van der Waals surface area contributed by atoms with Crippen LogP contribution in [0.1, 0.15) is 13.8 Å². The Bertz CT molecular complexity index is 301. The molecular formula is C11H22N2O6. The maximum absolute atomic E-state index is 11.1. The summed E-state index contributed by atoms with van der Waals surface area (Å²) in [5.74, 6) is -0.392. The number of carbonyl (C=O) groups is 1. The van der Waals surface area contributed by atoms with Crippen molar-refractivity contribution in [1.29, 1.82) is 0 Å². The van der Waals surface area contributed by atoms with E-state index in [0.29, 0.717) is 0 Å². The first-order chi connectivity index (χ1) is 8.86. The van der Waals surface area contributed by atoms with Gasteiger partial charge in [0.2, 0.25) is 5.91 Å². The number of rotatable bonds is 5. The van der Waals surface area contributed by atoms with Crippen LogP contribution in [0.4, 0.5) is 0 Å². The molecule has 8 nitrogen and oxygen atoms in total. The number of hydrogen-bond acceptors (Lipinski definition) is 7. The Kier molecular flexibility index (Phi) is 6.11. The summed E-state index contributed by atoms with van der Waals surface area (Å²) in [6, 6.07) is -1.17. The summed E-state index contributed by atoms with van der Waals surface area (Å²) in [5, 5.41) is 31.2. The second-order valence-corrected chi connectivity index (χ2v) is 4.74. The number of aliphatic hydroxyl groups excluding tert-OH is 3. The summed E-state index contributed by atoms with van der Waals surface area (Å²) in [6.07, 6.45) is -4.56. The van der Waals surface area contributed by atoms with Gasteiger partial charge in [-0.1, -0.05) is 0 Å². The average molecular weight is 278 g/mol. The molecule has 1 saturated heterocycles. The monoisotopic (exact) mass is 278 g/mol. The van der Waals surface area contributed by atoms with Crippen LogP contribution in [0, 0.1) is 0 Å². The standard InChI is InChI=1S/C11H22N2O6/c1-5(12)4-18-11-8(13-6(2)15)10(17)9(16)7(3-14)19-11/h5,7-11,14,16-17H,3-4,12H2,1-2H3,(H,13,15)/t5?,7?,8?,9-,10-,11-/m1/s1. The maximum atomic E-state index is 11.1. The van der Waals surface area contributed by atoms with Crippen molar-refractivity contribution < 1.29 is 29.6 Å². The number of nitrogens with one attached hydrogen (secondary N) is 1. The number of hydrogen-bond donors (Lipinski definition) is 5. The van der Waals surface area contributed by atoms with Crippen molar-refractivity contribution in [2.24, 2.45) is 5.73 Å². The molecule has 1 amide bonds. The van der Waals surface area contributed by atoms with Gasteiger partial charge in [-0.3, -0.25) is 4.79 Å². The predicted molar refractivity (Wildman–Crippen MR) is 65.0 cm³/mol. The molecule has 0 aliphatic carbocycles. The van der Waals surface area contributed by atoms with Crippen LogP contribution >= 0.6 is 0 Å². The first-order valence-corrected chi connectivity index (χ1v) is 6.13. The van der Waals surface area contributed by atoms with E-state index in [4.69, 9.17) is 20.3 Å². The Morgan fingerprint density at radius 2 is 2.11 bits per heavy atom. The molecule has 3 unspecified atom stereocenters. The van der Waals surface area contributed by atoms with Gasteiger partial charge in [0.05, 0.1) is 13.2 Å². The molecule has 0 radical (unpaired) electrons. The van der Waals surface area contributed by atoms with Crippen molar-refractivity contribution in [2.75, 3.05) is 13.2 Å². The van der Waals surface area contributed by atoms with E-state index in [1.165, 1.54) is 6.92 Å². The predicted octanol–water partition coefficient (Wildman–Crippen LogP) is -2.71. The van der Waals surface area contributed by atoms with Crippen LogP contribution in [0.15, 0.2) is 0 Å². The van der Waals surface area contributed by atoms with Crippen molar-refractivity contribution in [3.63, 3.8) is 0 Å². The van der Waals surface area contributed by atoms with Crippen molar-refractivity contribution in [3.05, 3.63) is 0 Å². The smallest absolute Gasteiger partial charge is 0.217 e. The van der Waals surface area contributed by atoms with Gasteiger partial charge in [-0.2, -0.15) is 0 Å². The summed E-state index contributed by atoms with van der Waals surface area (Å²) in [4.78, 5) is 11.1. The van der Waals surface area contributed by atoms with E-state index in [1.807, 2.05) is 0 Å². The van der Waals surface area contributed by atoms with E-state index in [-0.39, 0.29) is 12.6 Å². The third-order valence-corrected chi connectivity index (χ3v) is 2.77. The highest BCUT2D eigenvalue weighted by Crippen LogP contribution is 2.22. The van der Waals surface area contributed by atoms with Crippen LogP contribution in [-0.2, 0) is 14.3 Å². The van der Waals surface area contributed by atoms with Gasteiger partial charge >= 0.3 is 0 Å². The Labute approximate surface area is 111 Å². The Morgan fingerprint density at radius 1 is 1.47 bits per heavy atom. The van der Waals surface area contributed by atoms with Crippen LogP contribution in [0.5, 0.6) is 0 Å². The first kappa shape index (κ1) is 16.3. The molecule has 1 fully saturated rings. The molecule has 0 saturated carbocycles. The molecule has 19 heavy (non-hydrogen) atoms. The van der Waals surface area contributed by atoms with E-state index >= 15 is 0 Å².